The molecule has 0 aromatic carbocycles. The first-order valence-corrected chi connectivity index (χ1v) is 8.88. The first kappa shape index (κ1) is 15.3. The van der Waals surface area contributed by atoms with Gasteiger partial charge in [0.1, 0.15) is 4.83 Å². The minimum Gasteiger partial charge on any atom is -0.356 e. The van der Waals surface area contributed by atoms with Crippen molar-refractivity contribution in [3.05, 3.63) is 27.1 Å². The van der Waals surface area contributed by atoms with Gasteiger partial charge in [0.25, 0.3) is 11.5 Å². The van der Waals surface area contributed by atoms with Crippen LogP contribution in [0.25, 0.3) is 10.2 Å². The molecule has 8 heteroatoms. The van der Waals surface area contributed by atoms with Crippen molar-refractivity contribution in [1.82, 2.24) is 20.2 Å². The van der Waals surface area contributed by atoms with Crippen molar-refractivity contribution >= 4 is 33.4 Å². The van der Waals surface area contributed by atoms with E-state index in [0.717, 1.165) is 19.4 Å². The van der Waals surface area contributed by atoms with Gasteiger partial charge in [0.15, 0.2) is 0 Å². The van der Waals surface area contributed by atoms with E-state index in [1.165, 1.54) is 17.7 Å². The summed E-state index contributed by atoms with van der Waals surface area (Å²) >= 11 is 1.25. The van der Waals surface area contributed by atoms with Gasteiger partial charge in [0.05, 0.1) is 22.0 Å². The van der Waals surface area contributed by atoms with Crippen LogP contribution in [0.2, 0.25) is 0 Å². The number of fused-ring (bicyclic) bond motifs is 1. The normalized spacial score (nSPS) is 23.9. The average Bonchev–Trinajstić information content (AvgIpc) is 3.14. The third kappa shape index (κ3) is 2.16. The first-order valence-electron chi connectivity index (χ1n) is 8.06. The van der Waals surface area contributed by atoms with E-state index in [1.807, 2.05) is 0 Å². The lowest BCUT2D eigenvalue weighted by Crippen LogP contribution is -2.47. The van der Waals surface area contributed by atoms with E-state index in [-0.39, 0.29) is 17.4 Å². The summed E-state index contributed by atoms with van der Waals surface area (Å²) in [5.74, 6) is -0.0413. The topological polar surface area (TPSA) is 95.2 Å². The Kier molecular flexibility index (Phi) is 3.45. The second-order valence-electron chi connectivity index (χ2n) is 6.58. The van der Waals surface area contributed by atoms with Gasteiger partial charge in [-0.1, -0.05) is 0 Å². The van der Waals surface area contributed by atoms with Crippen LogP contribution >= 0.6 is 11.3 Å². The number of amides is 2. The van der Waals surface area contributed by atoms with Crippen LogP contribution in [-0.4, -0.2) is 46.3 Å². The van der Waals surface area contributed by atoms with E-state index >= 15 is 0 Å². The Balaban J connectivity index is 1.66. The molecule has 1 spiro atoms. The molecule has 1 unspecified atom stereocenters. The third-order valence-corrected chi connectivity index (χ3v) is 6.36. The summed E-state index contributed by atoms with van der Waals surface area (Å²) in [5.41, 5.74) is 0.00884. The zero-order chi connectivity index (χ0) is 16.9. The number of thiophene rings is 1. The zero-order valence-corrected chi connectivity index (χ0v) is 14.2. The van der Waals surface area contributed by atoms with Crippen LogP contribution in [0.15, 0.2) is 11.1 Å². The van der Waals surface area contributed by atoms with Gasteiger partial charge in [-0.3, -0.25) is 14.4 Å². The maximum Gasteiger partial charge on any atom is 0.264 e. The zero-order valence-electron chi connectivity index (χ0n) is 13.3. The molecule has 2 aromatic rings. The molecule has 1 atom stereocenters. The van der Waals surface area contributed by atoms with Gasteiger partial charge in [0.2, 0.25) is 5.91 Å². The molecule has 0 saturated carbocycles. The predicted octanol–water partition coefficient (Wildman–Crippen LogP) is 1.04. The Morgan fingerprint density at radius 2 is 2.21 bits per heavy atom. The van der Waals surface area contributed by atoms with Crippen molar-refractivity contribution in [1.29, 1.82) is 0 Å². The number of hydrogen-bond acceptors (Lipinski definition) is 5. The summed E-state index contributed by atoms with van der Waals surface area (Å²) in [7, 11) is 0. The summed E-state index contributed by atoms with van der Waals surface area (Å²) in [6.07, 6.45) is 3.84. The molecule has 4 rings (SSSR count). The van der Waals surface area contributed by atoms with Gasteiger partial charge >= 0.3 is 0 Å². The highest BCUT2D eigenvalue weighted by molar-refractivity contribution is 7.20. The number of piperidine rings is 1. The van der Waals surface area contributed by atoms with Crippen LogP contribution < -0.4 is 10.9 Å². The molecule has 0 bridgehead atoms. The molecule has 0 radical (unpaired) electrons. The molecule has 0 aliphatic carbocycles. The quantitative estimate of drug-likeness (QED) is 0.806. The van der Waals surface area contributed by atoms with Crippen LogP contribution in [0.3, 0.4) is 0 Å². The minimum absolute atomic E-state index is 0.0650. The molecule has 126 valence electrons. The minimum atomic E-state index is -0.436. The number of hydrogen-bond donors (Lipinski definition) is 2. The van der Waals surface area contributed by atoms with Crippen LogP contribution in [0.4, 0.5) is 0 Å². The molecule has 2 amide bonds. The number of aryl methyl sites for hydroxylation is 1. The molecule has 2 aromatic heterocycles. The fraction of sp³-hybridized carbons (Fsp3) is 0.500. The van der Waals surface area contributed by atoms with Gasteiger partial charge < -0.3 is 15.2 Å². The maximum absolute atomic E-state index is 12.9. The summed E-state index contributed by atoms with van der Waals surface area (Å²) in [6, 6.07) is 0. The first-order chi connectivity index (χ1) is 11.5. The van der Waals surface area contributed by atoms with Gasteiger partial charge in [-0.15, -0.1) is 11.3 Å². The van der Waals surface area contributed by atoms with E-state index in [4.69, 9.17) is 0 Å². The highest BCUT2D eigenvalue weighted by atomic mass is 32.1. The van der Waals surface area contributed by atoms with Gasteiger partial charge in [0, 0.05) is 19.6 Å². The second kappa shape index (κ2) is 5.41. The Morgan fingerprint density at radius 3 is 2.96 bits per heavy atom. The summed E-state index contributed by atoms with van der Waals surface area (Å²) in [6.45, 7) is 3.53. The fourth-order valence-electron chi connectivity index (χ4n) is 3.79. The maximum atomic E-state index is 12.9. The monoisotopic (exact) mass is 346 g/mol. The van der Waals surface area contributed by atoms with Crippen LogP contribution in [0, 0.1) is 12.3 Å². The average molecular weight is 346 g/mol. The number of carbonyl (C=O) groups excluding carboxylic acids is 2. The molecule has 2 fully saturated rings. The van der Waals surface area contributed by atoms with Crippen molar-refractivity contribution in [2.45, 2.75) is 26.2 Å². The summed E-state index contributed by atoms with van der Waals surface area (Å²) in [5, 5.41) is 3.41. The molecule has 7 nitrogen and oxygen atoms in total. The molecule has 24 heavy (non-hydrogen) atoms. The number of nitrogens with one attached hydrogen (secondary N) is 2. The molecular formula is C16H18N4O3S. The molecule has 2 saturated heterocycles. The highest BCUT2D eigenvalue weighted by Gasteiger charge is 2.47. The number of carbonyl (C=O) groups is 2. The van der Waals surface area contributed by atoms with Crippen LogP contribution in [0.1, 0.15) is 34.5 Å². The molecule has 2 N–H and O–H groups in total. The number of aromatic nitrogens is 2. The number of likely N-dealkylation sites (tertiary alicyclic amines) is 1. The predicted molar refractivity (Wildman–Crippen MR) is 90.2 cm³/mol. The Labute approximate surface area is 142 Å². The Bertz CT molecular complexity index is 902. The second-order valence-corrected chi connectivity index (χ2v) is 7.58. The van der Waals surface area contributed by atoms with Gasteiger partial charge in [-0.05, 0) is 31.7 Å². The molecule has 2 aliphatic heterocycles. The van der Waals surface area contributed by atoms with E-state index < -0.39 is 5.41 Å². The Hall–Kier alpha value is -2.22. The van der Waals surface area contributed by atoms with Crippen LogP contribution in [-0.2, 0) is 4.79 Å². The summed E-state index contributed by atoms with van der Waals surface area (Å²) in [4.78, 5) is 46.8. The highest BCUT2D eigenvalue weighted by Crippen LogP contribution is 2.39. The van der Waals surface area contributed by atoms with E-state index in [0.29, 0.717) is 40.2 Å². The molecule has 2 aliphatic rings. The smallest absolute Gasteiger partial charge is 0.264 e. The third-order valence-electron chi connectivity index (χ3n) is 5.17. The standard InChI is InChI=1S/C16H18N4O3S/c1-9-10-12(21)18-8-19-13(10)24-11(9)14(22)20-6-4-16(7-20)3-2-5-17-15(16)23/h8H,2-7H2,1H3,(H,17,23)(H,18,19,21). The lowest BCUT2D eigenvalue weighted by Gasteiger charge is -2.32. The van der Waals surface area contributed by atoms with Crippen LogP contribution in [0.5, 0.6) is 0 Å². The van der Waals surface area contributed by atoms with Crippen molar-refractivity contribution < 1.29 is 9.59 Å². The van der Waals surface area contributed by atoms with E-state index in [1.54, 1.807) is 11.8 Å². The van der Waals surface area contributed by atoms with E-state index in [9.17, 15) is 14.4 Å². The van der Waals surface area contributed by atoms with Crippen molar-refractivity contribution in [3.63, 3.8) is 0 Å². The fourth-order valence-corrected chi connectivity index (χ4v) is 4.91. The SMILES string of the molecule is Cc1c(C(=O)N2CCC3(CCCNC3=O)C2)sc2nc[nH]c(=O)c12. The number of aromatic amines is 1. The lowest BCUT2D eigenvalue weighted by molar-refractivity contribution is -0.132. The lowest BCUT2D eigenvalue weighted by atomic mass is 9.79. The number of rotatable bonds is 1. The van der Waals surface area contributed by atoms with Gasteiger partial charge in [-0.2, -0.15) is 0 Å². The van der Waals surface area contributed by atoms with E-state index in [2.05, 4.69) is 15.3 Å². The van der Waals surface area contributed by atoms with Crippen molar-refractivity contribution in [2.24, 2.45) is 5.41 Å². The molecular weight excluding hydrogens is 328 g/mol. The van der Waals surface area contributed by atoms with Gasteiger partial charge in [-0.25, -0.2) is 4.98 Å². The largest absolute Gasteiger partial charge is 0.356 e. The van der Waals surface area contributed by atoms with Crippen molar-refractivity contribution in [3.8, 4) is 0 Å². The molecule has 4 heterocycles. The summed E-state index contributed by atoms with van der Waals surface area (Å²) < 4.78 is 0. The number of H-pyrrole nitrogens is 1. The van der Waals surface area contributed by atoms with Crippen molar-refractivity contribution in [2.75, 3.05) is 19.6 Å². The Morgan fingerprint density at radius 1 is 1.38 bits per heavy atom. The number of nitrogens with zero attached hydrogens (tertiary/aromatic N) is 2.